The molecular weight excluding hydrogens is 154 g/mol. The molecule has 0 heterocycles. The van der Waals surface area contributed by atoms with Gasteiger partial charge in [0.25, 0.3) is 0 Å². The maximum Gasteiger partial charge on any atom is 0.328 e. The summed E-state index contributed by atoms with van der Waals surface area (Å²) in [5.74, 6) is -0.284. The van der Waals surface area contributed by atoms with Crippen molar-refractivity contribution >= 4 is 5.97 Å². The van der Waals surface area contributed by atoms with Gasteiger partial charge in [-0.25, -0.2) is 4.79 Å². The highest BCUT2D eigenvalue weighted by molar-refractivity contribution is 5.79. The van der Waals surface area contributed by atoms with Crippen LogP contribution >= 0.6 is 0 Å². The molecule has 1 unspecified atom stereocenters. The Morgan fingerprint density at radius 1 is 1.58 bits per heavy atom. The van der Waals surface area contributed by atoms with Crippen molar-refractivity contribution in [2.75, 3.05) is 21.2 Å². The van der Waals surface area contributed by atoms with Gasteiger partial charge in [0.1, 0.15) is 6.04 Å². The van der Waals surface area contributed by atoms with Gasteiger partial charge in [-0.05, 0) is 26.6 Å². The van der Waals surface area contributed by atoms with E-state index in [-0.39, 0.29) is 12.0 Å². The van der Waals surface area contributed by atoms with Crippen LogP contribution in [0.2, 0.25) is 0 Å². The summed E-state index contributed by atoms with van der Waals surface area (Å²) in [6, 6.07) is -0.368. The maximum absolute atomic E-state index is 11.2. The Labute approximate surface area is 73.3 Å². The number of hydrogen-bond donors (Lipinski definition) is 0. The number of carbonyl (C=O) groups is 1. The van der Waals surface area contributed by atoms with Crippen LogP contribution in [0.3, 0.4) is 0 Å². The zero-order valence-corrected chi connectivity index (χ0v) is 8.05. The summed E-state index contributed by atoms with van der Waals surface area (Å²) in [7, 11) is 4.99. The van der Waals surface area contributed by atoms with Crippen molar-refractivity contribution in [3.8, 4) is 0 Å². The third-order valence-electron chi connectivity index (χ3n) is 1.63. The lowest BCUT2D eigenvalue weighted by Gasteiger charge is -2.20. The number of likely N-dealkylation sites (N-methyl/N-ethyl adjacent to an activating group) is 1. The van der Waals surface area contributed by atoms with Crippen molar-refractivity contribution in [3.05, 3.63) is 17.9 Å². The lowest BCUT2D eigenvalue weighted by molar-refractivity contribution is -0.144. The largest absolute Gasteiger partial charge is 0.468 e. The molecule has 0 aliphatic carbocycles. The summed E-state index contributed by atoms with van der Waals surface area (Å²) in [5.41, 5.74) is 3.46. The van der Waals surface area contributed by atoms with Gasteiger partial charge in [0, 0.05) is 0 Å². The smallest absolute Gasteiger partial charge is 0.328 e. The minimum absolute atomic E-state index is 0.284. The lowest BCUT2D eigenvalue weighted by Crippen LogP contribution is -2.37. The molecule has 12 heavy (non-hydrogen) atoms. The minimum Gasteiger partial charge on any atom is -0.468 e. The van der Waals surface area contributed by atoms with Crippen molar-refractivity contribution < 1.29 is 9.53 Å². The standard InChI is InChI=1S/C9H15NO2/c1-6-7(2)8(10(3)4)9(11)12-5/h8H,1H2,2-5H3. The van der Waals surface area contributed by atoms with E-state index in [2.05, 4.69) is 17.0 Å². The number of nitrogens with zero attached hydrogens (tertiary/aromatic N) is 1. The highest BCUT2D eigenvalue weighted by Gasteiger charge is 2.22. The molecule has 0 saturated heterocycles. The van der Waals surface area contributed by atoms with Crippen molar-refractivity contribution in [2.45, 2.75) is 13.0 Å². The molecule has 1 atom stereocenters. The van der Waals surface area contributed by atoms with E-state index in [4.69, 9.17) is 0 Å². The van der Waals surface area contributed by atoms with Crippen LogP contribution in [0.4, 0.5) is 0 Å². The van der Waals surface area contributed by atoms with Crippen LogP contribution in [-0.4, -0.2) is 38.1 Å². The molecule has 3 heteroatoms. The Bertz CT molecular complexity index is 215. The molecular formula is C9H15NO2. The first-order chi connectivity index (χ1) is 5.54. The van der Waals surface area contributed by atoms with Crippen molar-refractivity contribution in [1.29, 1.82) is 0 Å². The molecule has 0 amide bonds. The average Bonchev–Trinajstić information content (AvgIpc) is 2.03. The molecule has 0 bridgehead atoms. The average molecular weight is 169 g/mol. The van der Waals surface area contributed by atoms with Crippen LogP contribution in [0, 0.1) is 0 Å². The topological polar surface area (TPSA) is 29.5 Å². The predicted molar refractivity (Wildman–Crippen MR) is 47.8 cm³/mol. The second-order valence-electron chi connectivity index (χ2n) is 2.75. The third kappa shape index (κ3) is 2.53. The first kappa shape index (κ1) is 11.0. The number of hydrogen-bond acceptors (Lipinski definition) is 3. The summed E-state index contributed by atoms with van der Waals surface area (Å²) in [6.45, 7) is 5.28. The quantitative estimate of drug-likeness (QED) is 0.463. The first-order valence-corrected chi connectivity index (χ1v) is 3.65. The summed E-state index contributed by atoms with van der Waals surface area (Å²) in [5, 5.41) is 0. The fourth-order valence-electron chi connectivity index (χ4n) is 0.983. The van der Waals surface area contributed by atoms with Crippen molar-refractivity contribution in [1.82, 2.24) is 4.90 Å². The van der Waals surface area contributed by atoms with Crippen LogP contribution < -0.4 is 0 Å². The third-order valence-corrected chi connectivity index (χ3v) is 1.63. The van der Waals surface area contributed by atoms with E-state index in [1.807, 2.05) is 14.1 Å². The highest BCUT2D eigenvalue weighted by atomic mass is 16.5. The first-order valence-electron chi connectivity index (χ1n) is 3.65. The predicted octanol–water partition coefficient (Wildman–Crippen LogP) is 0.821. The number of rotatable bonds is 3. The summed E-state index contributed by atoms with van der Waals surface area (Å²) in [4.78, 5) is 13.0. The van der Waals surface area contributed by atoms with E-state index in [1.54, 1.807) is 11.8 Å². The van der Waals surface area contributed by atoms with Gasteiger partial charge in [-0.3, -0.25) is 4.90 Å². The molecule has 0 aromatic heterocycles. The molecule has 0 aliphatic heterocycles. The van der Waals surface area contributed by atoms with Gasteiger partial charge < -0.3 is 4.74 Å². The maximum atomic E-state index is 11.2. The Morgan fingerprint density at radius 3 is 2.33 bits per heavy atom. The zero-order chi connectivity index (χ0) is 9.72. The molecule has 0 aliphatic rings. The van der Waals surface area contributed by atoms with E-state index in [0.29, 0.717) is 0 Å². The van der Waals surface area contributed by atoms with Crippen molar-refractivity contribution in [3.63, 3.8) is 0 Å². The van der Waals surface area contributed by atoms with E-state index < -0.39 is 0 Å². The van der Waals surface area contributed by atoms with Crippen LogP contribution in [0.15, 0.2) is 17.9 Å². The monoisotopic (exact) mass is 169 g/mol. The number of esters is 1. The molecule has 0 aromatic carbocycles. The van der Waals surface area contributed by atoms with Gasteiger partial charge in [0.15, 0.2) is 0 Å². The molecule has 3 nitrogen and oxygen atoms in total. The van der Waals surface area contributed by atoms with Gasteiger partial charge >= 0.3 is 5.97 Å². The Balaban J connectivity index is 4.67. The Morgan fingerprint density at radius 2 is 2.08 bits per heavy atom. The van der Waals surface area contributed by atoms with E-state index in [1.165, 1.54) is 7.11 Å². The molecule has 0 rings (SSSR count). The molecule has 0 N–H and O–H groups in total. The molecule has 0 spiro atoms. The molecule has 0 fully saturated rings. The second kappa shape index (κ2) is 4.75. The number of methoxy groups -OCH3 is 1. The Kier molecular flexibility index (Phi) is 4.34. The van der Waals surface area contributed by atoms with E-state index >= 15 is 0 Å². The van der Waals surface area contributed by atoms with Crippen molar-refractivity contribution in [2.24, 2.45) is 0 Å². The molecule has 0 radical (unpaired) electrons. The highest BCUT2D eigenvalue weighted by Crippen LogP contribution is 2.06. The van der Waals surface area contributed by atoms with Gasteiger partial charge in [-0.2, -0.15) is 0 Å². The number of ether oxygens (including phenoxy) is 1. The van der Waals surface area contributed by atoms with Crippen LogP contribution in [-0.2, 0) is 9.53 Å². The summed E-state index contributed by atoms with van der Waals surface area (Å²) < 4.78 is 4.63. The minimum atomic E-state index is -0.368. The van der Waals surface area contributed by atoms with Crippen LogP contribution in [0.5, 0.6) is 0 Å². The second-order valence-corrected chi connectivity index (χ2v) is 2.75. The van der Waals surface area contributed by atoms with Gasteiger partial charge in [0.05, 0.1) is 7.11 Å². The SMILES string of the molecule is C=C=C(C)C(C(=O)OC)N(C)C. The lowest BCUT2D eigenvalue weighted by atomic mass is 10.1. The normalized spacial score (nSPS) is 12.1. The number of carbonyl (C=O) groups excluding carboxylic acids is 1. The zero-order valence-electron chi connectivity index (χ0n) is 8.05. The Hall–Kier alpha value is -1.05. The fraction of sp³-hybridized carbons (Fsp3) is 0.556. The van der Waals surface area contributed by atoms with Gasteiger partial charge in [-0.1, -0.05) is 6.58 Å². The van der Waals surface area contributed by atoms with E-state index in [0.717, 1.165) is 5.57 Å². The van der Waals surface area contributed by atoms with Gasteiger partial charge in [0.2, 0.25) is 0 Å². The summed E-state index contributed by atoms with van der Waals surface area (Å²) in [6.07, 6.45) is 0. The molecule has 0 aromatic rings. The molecule has 0 saturated carbocycles. The van der Waals surface area contributed by atoms with Crippen LogP contribution in [0.25, 0.3) is 0 Å². The summed E-state index contributed by atoms with van der Waals surface area (Å²) >= 11 is 0. The molecule has 68 valence electrons. The fourth-order valence-corrected chi connectivity index (χ4v) is 0.983. The van der Waals surface area contributed by atoms with Crippen LogP contribution in [0.1, 0.15) is 6.92 Å². The van der Waals surface area contributed by atoms with E-state index in [9.17, 15) is 4.79 Å². The van der Waals surface area contributed by atoms with Gasteiger partial charge in [-0.15, -0.1) is 5.73 Å².